The summed E-state index contributed by atoms with van der Waals surface area (Å²) in [6, 6.07) is 9.34. The number of hydrogen-bond acceptors (Lipinski definition) is 2. The molecule has 0 saturated heterocycles. The van der Waals surface area contributed by atoms with Crippen molar-refractivity contribution in [2.24, 2.45) is 5.73 Å². The van der Waals surface area contributed by atoms with Crippen LogP contribution < -0.4 is 5.73 Å². The van der Waals surface area contributed by atoms with Crippen molar-refractivity contribution in [3.63, 3.8) is 0 Å². The number of nitrogens with two attached hydrogens (primary N) is 1. The lowest BCUT2D eigenvalue weighted by molar-refractivity contribution is 1.09. The van der Waals surface area contributed by atoms with E-state index in [1.54, 1.807) is 6.20 Å². The molecule has 2 aromatic rings. The van der Waals surface area contributed by atoms with Crippen molar-refractivity contribution in [2.45, 2.75) is 0 Å². The number of nitrogen functional groups attached to an aromatic ring is 1. The molecule has 0 unspecified atom stereocenters. The second-order valence-corrected chi connectivity index (χ2v) is 2.93. The zero-order valence-corrected chi connectivity index (χ0v) is 7.49. The Labute approximate surface area is 81.3 Å². The van der Waals surface area contributed by atoms with Crippen molar-refractivity contribution >= 4 is 5.84 Å². The van der Waals surface area contributed by atoms with E-state index in [2.05, 4.69) is 10.2 Å². The first kappa shape index (κ1) is 8.50. The zero-order chi connectivity index (χ0) is 9.97. The van der Waals surface area contributed by atoms with Crippen LogP contribution in [0, 0.1) is 5.41 Å². The Hall–Kier alpha value is -2.10. The topological polar surface area (TPSA) is 78.6 Å². The van der Waals surface area contributed by atoms with E-state index in [1.807, 2.05) is 30.3 Å². The molecule has 0 spiro atoms. The van der Waals surface area contributed by atoms with Crippen LogP contribution in [0.4, 0.5) is 0 Å². The number of hydrogen-bond donors (Lipinski definition) is 3. The molecule has 2 rings (SSSR count). The monoisotopic (exact) mass is 186 g/mol. The molecule has 0 amide bonds. The first-order valence-corrected chi connectivity index (χ1v) is 4.22. The van der Waals surface area contributed by atoms with Gasteiger partial charge in [0.15, 0.2) is 0 Å². The van der Waals surface area contributed by atoms with Crippen molar-refractivity contribution in [1.29, 1.82) is 5.41 Å². The highest BCUT2D eigenvalue weighted by Crippen LogP contribution is 2.20. The van der Waals surface area contributed by atoms with Crippen LogP contribution >= 0.6 is 0 Å². The van der Waals surface area contributed by atoms with Gasteiger partial charge in [-0.3, -0.25) is 10.5 Å². The van der Waals surface area contributed by atoms with Crippen molar-refractivity contribution in [3.05, 3.63) is 42.1 Å². The van der Waals surface area contributed by atoms with E-state index in [4.69, 9.17) is 11.1 Å². The van der Waals surface area contributed by atoms with Crippen LogP contribution in [-0.4, -0.2) is 16.0 Å². The largest absolute Gasteiger partial charge is 0.384 e. The number of amidine groups is 1. The van der Waals surface area contributed by atoms with Gasteiger partial charge in [0, 0.05) is 17.3 Å². The van der Waals surface area contributed by atoms with Gasteiger partial charge in [-0.15, -0.1) is 0 Å². The quantitative estimate of drug-likeness (QED) is 0.489. The summed E-state index contributed by atoms with van der Waals surface area (Å²) >= 11 is 0. The van der Waals surface area contributed by atoms with E-state index < -0.39 is 0 Å². The molecular weight excluding hydrogens is 176 g/mol. The van der Waals surface area contributed by atoms with Crippen LogP contribution in [0.2, 0.25) is 0 Å². The molecule has 4 N–H and O–H groups in total. The smallest absolute Gasteiger partial charge is 0.123 e. The number of aromatic nitrogens is 2. The molecule has 0 radical (unpaired) electrons. The van der Waals surface area contributed by atoms with E-state index in [1.165, 1.54) is 0 Å². The van der Waals surface area contributed by atoms with Crippen LogP contribution in [-0.2, 0) is 0 Å². The van der Waals surface area contributed by atoms with Crippen LogP contribution in [0.1, 0.15) is 5.56 Å². The van der Waals surface area contributed by atoms with Crippen molar-refractivity contribution in [3.8, 4) is 11.3 Å². The summed E-state index contributed by atoms with van der Waals surface area (Å²) in [6.07, 6.45) is 1.67. The molecule has 1 aromatic carbocycles. The standard InChI is InChI=1S/C10H10N4/c11-10(12)8-4-2-1-3-7(8)9-5-6-13-14-9/h1-6H,(H3,11,12)(H,13,14). The van der Waals surface area contributed by atoms with Crippen LogP contribution in [0.15, 0.2) is 36.5 Å². The minimum absolute atomic E-state index is 0.0650. The van der Waals surface area contributed by atoms with Crippen LogP contribution in [0.3, 0.4) is 0 Å². The first-order valence-electron chi connectivity index (χ1n) is 4.22. The van der Waals surface area contributed by atoms with Gasteiger partial charge in [-0.05, 0) is 6.07 Å². The lowest BCUT2D eigenvalue weighted by Gasteiger charge is -2.04. The van der Waals surface area contributed by atoms with Gasteiger partial charge < -0.3 is 5.73 Å². The maximum atomic E-state index is 7.42. The summed E-state index contributed by atoms with van der Waals surface area (Å²) in [5, 5.41) is 14.1. The summed E-state index contributed by atoms with van der Waals surface area (Å²) in [5.74, 6) is 0.0650. The number of aromatic amines is 1. The summed E-state index contributed by atoms with van der Waals surface area (Å²) in [7, 11) is 0. The van der Waals surface area contributed by atoms with Gasteiger partial charge >= 0.3 is 0 Å². The Balaban J connectivity index is 2.58. The highest BCUT2D eigenvalue weighted by Gasteiger charge is 2.06. The van der Waals surface area contributed by atoms with Gasteiger partial charge in [0.25, 0.3) is 0 Å². The fourth-order valence-corrected chi connectivity index (χ4v) is 1.36. The molecule has 0 fully saturated rings. The maximum absolute atomic E-state index is 7.42. The van der Waals surface area contributed by atoms with Crippen molar-refractivity contribution < 1.29 is 0 Å². The molecule has 0 aliphatic heterocycles. The zero-order valence-electron chi connectivity index (χ0n) is 7.49. The minimum Gasteiger partial charge on any atom is -0.384 e. The van der Waals surface area contributed by atoms with E-state index in [-0.39, 0.29) is 5.84 Å². The second kappa shape index (κ2) is 3.33. The average molecular weight is 186 g/mol. The first-order chi connectivity index (χ1) is 6.79. The van der Waals surface area contributed by atoms with E-state index in [9.17, 15) is 0 Å². The summed E-state index contributed by atoms with van der Waals surface area (Å²) in [4.78, 5) is 0. The average Bonchev–Trinajstić information content (AvgIpc) is 2.70. The van der Waals surface area contributed by atoms with Gasteiger partial charge in [-0.1, -0.05) is 24.3 Å². The Morgan fingerprint density at radius 2 is 2.07 bits per heavy atom. The number of nitrogens with one attached hydrogen (secondary N) is 2. The molecular formula is C10H10N4. The minimum atomic E-state index is 0.0650. The number of benzene rings is 1. The molecule has 0 bridgehead atoms. The second-order valence-electron chi connectivity index (χ2n) is 2.93. The predicted molar refractivity (Wildman–Crippen MR) is 55.0 cm³/mol. The summed E-state index contributed by atoms with van der Waals surface area (Å²) in [5.41, 5.74) is 7.96. The van der Waals surface area contributed by atoms with Crippen LogP contribution in [0.5, 0.6) is 0 Å². The fourth-order valence-electron chi connectivity index (χ4n) is 1.36. The van der Waals surface area contributed by atoms with Crippen molar-refractivity contribution in [2.75, 3.05) is 0 Å². The molecule has 70 valence electrons. The van der Waals surface area contributed by atoms with Gasteiger partial charge in [0.2, 0.25) is 0 Å². The predicted octanol–water partition coefficient (Wildman–Crippen LogP) is 1.36. The lowest BCUT2D eigenvalue weighted by atomic mass is 10.0. The number of H-pyrrole nitrogens is 1. The lowest BCUT2D eigenvalue weighted by Crippen LogP contribution is -2.12. The third-order valence-corrected chi connectivity index (χ3v) is 2.01. The molecule has 0 atom stereocenters. The molecule has 14 heavy (non-hydrogen) atoms. The molecule has 0 aliphatic carbocycles. The van der Waals surface area contributed by atoms with Gasteiger partial charge in [-0.25, -0.2) is 0 Å². The van der Waals surface area contributed by atoms with Crippen LogP contribution in [0.25, 0.3) is 11.3 Å². The molecule has 4 heteroatoms. The van der Waals surface area contributed by atoms with E-state index in [0.29, 0.717) is 0 Å². The Morgan fingerprint density at radius 3 is 2.71 bits per heavy atom. The fraction of sp³-hybridized carbons (Fsp3) is 0. The molecule has 1 heterocycles. The molecule has 0 saturated carbocycles. The Kier molecular flexibility index (Phi) is 2.02. The Bertz CT molecular complexity index is 445. The third kappa shape index (κ3) is 1.37. The number of rotatable bonds is 2. The van der Waals surface area contributed by atoms with E-state index >= 15 is 0 Å². The van der Waals surface area contributed by atoms with E-state index in [0.717, 1.165) is 16.8 Å². The highest BCUT2D eigenvalue weighted by atomic mass is 15.1. The van der Waals surface area contributed by atoms with Gasteiger partial charge in [0.1, 0.15) is 5.84 Å². The molecule has 1 aromatic heterocycles. The maximum Gasteiger partial charge on any atom is 0.123 e. The SMILES string of the molecule is N=C(N)c1ccccc1-c1ccn[nH]1. The highest BCUT2D eigenvalue weighted by molar-refractivity contribution is 6.01. The summed E-state index contributed by atoms with van der Waals surface area (Å²) < 4.78 is 0. The number of nitrogens with zero attached hydrogens (tertiary/aromatic N) is 1. The Morgan fingerprint density at radius 1 is 1.29 bits per heavy atom. The van der Waals surface area contributed by atoms with Gasteiger partial charge in [-0.2, -0.15) is 5.10 Å². The normalized spacial score (nSPS) is 10.0. The summed E-state index contributed by atoms with van der Waals surface area (Å²) in [6.45, 7) is 0. The molecule has 0 aliphatic rings. The van der Waals surface area contributed by atoms with Crippen molar-refractivity contribution in [1.82, 2.24) is 10.2 Å². The van der Waals surface area contributed by atoms with Gasteiger partial charge in [0.05, 0.1) is 5.69 Å². The molecule has 4 nitrogen and oxygen atoms in total. The third-order valence-electron chi connectivity index (χ3n) is 2.01.